The lowest BCUT2D eigenvalue weighted by atomic mass is 10.1. The van der Waals surface area contributed by atoms with Gasteiger partial charge in [-0.2, -0.15) is 0 Å². The van der Waals surface area contributed by atoms with E-state index in [-0.39, 0.29) is 5.78 Å². The van der Waals surface area contributed by atoms with Gasteiger partial charge in [0.05, 0.1) is 5.75 Å². The van der Waals surface area contributed by atoms with Crippen molar-refractivity contribution in [3.63, 3.8) is 0 Å². The van der Waals surface area contributed by atoms with E-state index in [1.54, 1.807) is 11.3 Å². The van der Waals surface area contributed by atoms with Crippen molar-refractivity contribution in [2.75, 3.05) is 5.75 Å². The normalized spacial score (nSPS) is 11.0. The first-order chi connectivity index (χ1) is 14.7. The van der Waals surface area contributed by atoms with E-state index in [1.165, 1.54) is 22.2 Å². The lowest BCUT2D eigenvalue weighted by Gasteiger charge is -2.10. The fraction of sp³-hybridized carbons (Fsp3) is 0.208. The highest BCUT2D eigenvalue weighted by Crippen LogP contribution is 2.22. The molecule has 4 aromatic rings. The maximum atomic E-state index is 12.6. The molecular formula is C24H23N3OS2. The number of thiophene rings is 1. The minimum atomic E-state index is 0.109. The summed E-state index contributed by atoms with van der Waals surface area (Å²) in [5, 5.41) is 11.8. The number of carbonyl (C=O) groups is 1. The molecule has 0 aliphatic carbocycles. The highest BCUT2D eigenvalue weighted by Gasteiger charge is 2.16. The maximum absolute atomic E-state index is 12.6. The van der Waals surface area contributed by atoms with E-state index < -0.39 is 0 Å². The van der Waals surface area contributed by atoms with Gasteiger partial charge in [-0.05, 0) is 30.4 Å². The second kappa shape index (κ2) is 9.87. The Bertz CT molecular complexity index is 1090. The summed E-state index contributed by atoms with van der Waals surface area (Å²) in [6.07, 6.45) is 1.65. The minimum Gasteiger partial charge on any atom is -0.305 e. The Morgan fingerprint density at radius 2 is 1.80 bits per heavy atom. The van der Waals surface area contributed by atoms with Gasteiger partial charge in [-0.1, -0.05) is 78.0 Å². The quantitative estimate of drug-likeness (QED) is 0.260. The molecule has 4 nitrogen and oxygen atoms in total. The first-order valence-corrected chi connectivity index (χ1v) is 11.8. The molecule has 0 amide bonds. The molecule has 0 aliphatic heterocycles. The highest BCUT2D eigenvalue weighted by atomic mass is 32.2. The van der Waals surface area contributed by atoms with E-state index in [0.717, 1.165) is 41.5 Å². The number of rotatable bonds is 9. The topological polar surface area (TPSA) is 47.8 Å². The molecule has 0 fully saturated rings. The molecule has 4 rings (SSSR count). The molecule has 2 aromatic heterocycles. The monoisotopic (exact) mass is 433 g/mol. The molecule has 0 N–H and O–H groups in total. The number of carbonyl (C=O) groups excluding carboxylic acids is 1. The predicted molar refractivity (Wildman–Crippen MR) is 124 cm³/mol. The summed E-state index contributed by atoms with van der Waals surface area (Å²) >= 11 is 3.19. The summed E-state index contributed by atoms with van der Waals surface area (Å²) in [5.41, 5.74) is 3.17. The summed E-state index contributed by atoms with van der Waals surface area (Å²) in [4.78, 5) is 13.9. The largest absolute Gasteiger partial charge is 0.305 e. The SMILES string of the molecule is Cc1ccc(C(=O)CSc2nnc(Cc3cccs3)n2CCc2ccccc2)cc1. The van der Waals surface area contributed by atoms with Crippen LogP contribution < -0.4 is 0 Å². The number of nitrogens with zero attached hydrogens (tertiary/aromatic N) is 3. The van der Waals surface area contributed by atoms with Crippen LogP contribution >= 0.6 is 23.1 Å². The lowest BCUT2D eigenvalue weighted by Crippen LogP contribution is -2.09. The van der Waals surface area contributed by atoms with Crippen LogP contribution in [0.3, 0.4) is 0 Å². The molecular weight excluding hydrogens is 410 g/mol. The fourth-order valence-electron chi connectivity index (χ4n) is 3.19. The van der Waals surface area contributed by atoms with Gasteiger partial charge in [0.15, 0.2) is 10.9 Å². The zero-order valence-electron chi connectivity index (χ0n) is 16.8. The smallest absolute Gasteiger partial charge is 0.191 e. The van der Waals surface area contributed by atoms with Gasteiger partial charge >= 0.3 is 0 Å². The van der Waals surface area contributed by atoms with Crippen LogP contribution in [0.2, 0.25) is 0 Å². The number of hydrogen-bond donors (Lipinski definition) is 0. The van der Waals surface area contributed by atoms with Crippen LogP contribution in [0, 0.1) is 6.92 Å². The Morgan fingerprint density at radius 1 is 1.00 bits per heavy atom. The van der Waals surface area contributed by atoms with Gasteiger partial charge in [0.1, 0.15) is 5.82 Å². The van der Waals surface area contributed by atoms with Gasteiger partial charge in [-0.15, -0.1) is 21.5 Å². The van der Waals surface area contributed by atoms with Crippen molar-refractivity contribution in [3.05, 3.63) is 99.5 Å². The Labute approximate surface area is 185 Å². The molecule has 0 radical (unpaired) electrons. The first kappa shape index (κ1) is 20.6. The standard InChI is InChI=1S/C24H23N3OS2/c1-18-9-11-20(12-10-18)22(28)17-30-24-26-25-23(16-21-8-5-15-29-21)27(24)14-13-19-6-3-2-4-7-19/h2-12,15H,13-14,16-17H2,1H3. The Balaban J connectivity index is 1.49. The number of benzene rings is 2. The van der Waals surface area contributed by atoms with Crippen LogP contribution in [-0.4, -0.2) is 26.3 Å². The Hall–Kier alpha value is -2.70. The molecule has 0 unspecified atom stereocenters. The number of aromatic nitrogens is 3. The van der Waals surface area contributed by atoms with E-state index in [9.17, 15) is 4.79 Å². The molecule has 30 heavy (non-hydrogen) atoms. The van der Waals surface area contributed by atoms with Crippen LogP contribution in [-0.2, 0) is 19.4 Å². The van der Waals surface area contributed by atoms with Gasteiger partial charge in [-0.25, -0.2) is 0 Å². The second-order valence-corrected chi connectivity index (χ2v) is 9.09. The molecule has 0 atom stereocenters. The lowest BCUT2D eigenvalue weighted by molar-refractivity contribution is 0.102. The molecule has 0 aliphatic rings. The van der Waals surface area contributed by atoms with Crippen molar-refractivity contribution in [1.29, 1.82) is 0 Å². The molecule has 0 bridgehead atoms. The summed E-state index contributed by atoms with van der Waals surface area (Å²) in [7, 11) is 0. The summed E-state index contributed by atoms with van der Waals surface area (Å²) in [5.74, 6) is 1.40. The third-order valence-corrected chi connectivity index (χ3v) is 6.72. The van der Waals surface area contributed by atoms with Gasteiger partial charge in [0.2, 0.25) is 0 Å². The van der Waals surface area contributed by atoms with E-state index >= 15 is 0 Å². The molecule has 0 saturated heterocycles. The van der Waals surface area contributed by atoms with Crippen LogP contribution in [0.4, 0.5) is 0 Å². The number of Topliss-reactive ketones (excluding diaryl/α,β-unsaturated/α-hetero) is 1. The number of hydrogen-bond acceptors (Lipinski definition) is 5. The third kappa shape index (κ3) is 5.26. The number of ketones is 1. The van der Waals surface area contributed by atoms with Crippen LogP contribution in [0.1, 0.15) is 32.2 Å². The summed E-state index contributed by atoms with van der Waals surface area (Å²) in [6, 6.07) is 22.3. The molecule has 6 heteroatoms. The van der Waals surface area contributed by atoms with E-state index in [2.05, 4.69) is 56.5 Å². The predicted octanol–water partition coefficient (Wildman–Crippen LogP) is 5.46. The zero-order chi connectivity index (χ0) is 20.8. The van der Waals surface area contributed by atoms with Crippen molar-refractivity contribution in [1.82, 2.24) is 14.8 Å². The molecule has 0 saturated carbocycles. The second-order valence-electron chi connectivity index (χ2n) is 7.12. The molecule has 2 heterocycles. The Kier molecular flexibility index (Phi) is 6.77. The fourth-order valence-corrected chi connectivity index (χ4v) is 4.77. The van der Waals surface area contributed by atoms with Crippen LogP contribution in [0.15, 0.2) is 77.3 Å². The maximum Gasteiger partial charge on any atom is 0.191 e. The first-order valence-electron chi connectivity index (χ1n) is 9.90. The Morgan fingerprint density at radius 3 is 2.53 bits per heavy atom. The number of aryl methyl sites for hydroxylation is 2. The number of thioether (sulfide) groups is 1. The molecule has 2 aromatic carbocycles. The minimum absolute atomic E-state index is 0.109. The van der Waals surface area contributed by atoms with Gasteiger partial charge < -0.3 is 4.57 Å². The van der Waals surface area contributed by atoms with Gasteiger partial charge in [-0.3, -0.25) is 4.79 Å². The summed E-state index contributed by atoms with van der Waals surface area (Å²) < 4.78 is 2.17. The average molecular weight is 434 g/mol. The van der Waals surface area contributed by atoms with E-state index in [1.807, 2.05) is 37.3 Å². The van der Waals surface area contributed by atoms with E-state index in [4.69, 9.17) is 0 Å². The van der Waals surface area contributed by atoms with Crippen LogP contribution in [0.5, 0.6) is 0 Å². The van der Waals surface area contributed by atoms with Crippen molar-refractivity contribution in [3.8, 4) is 0 Å². The molecule has 0 spiro atoms. The van der Waals surface area contributed by atoms with Crippen molar-refractivity contribution in [2.24, 2.45) is 0 Å². The third-order valence-electron chi connectivity index (χ3n) is 4.88. The van der Waals surface area contributed by atoms with Gasteiger partial charge in [0, 0.05) is 23.4 Å². The van der Waals surface area contributed by atoms with Crippen molar-refractivity contribution >= 4 is 28.9 Å². The van der Waals surface area contributed by atoms with Crippen molar-refractivity contribution in [2.45, 2.75) is 31.5 Å². The zero-order valence-corrected chi connectivity index (χ0v) is 18.5. The van der Waals surface area contributed by atoms with Crippen LogP contribution in [0.25, 0.3) is 0 Å². The van der Waals surface area contributed by atoms with Gasteiger partial charge in [0.25, 0.3) is 0 Å². The molecule has 152 valence electrons. The average Bonchev–Trinajstić information content (AvgIpc) is 3.42. The highest BCUT2D eigenvalue weighted by molar-refractivity contribution is 7.99. The summed E-state index contributed by atoms with van der Waals surface area (Å²) in [6.45, 7) is 2.81. The van der Waals surface area contributed by atoms with E-state index in [0.29, 0.717) is 5.75 Å². The van der Waals surface area contributed by atoms with Crippen molar-refractivity contribution < 1.29 is 4.79 Å².